The summed E-state index contributed by atoms with van der Waals surface area (Å²) in [5.74, 6) is 0. The van der Waals surface area contributed by atoms with E-state index in [2.05, 4.69) is 0 Å². The van der Waals surface area contributed by atoms with Crippen LogP contribution in [0.5, 0.6) is 0 Å². The minimum atomic E-state index is -0.631. The van der Waals surface area contributed by atoms with E-state index in [-0.39, 0.29) is 17.9 Å². The second kappa shape index (κ2) is 4.34. The first kappa shape index (κ1) is 10.9. The van der Waals surface area contributed by atoms with Crippen LogP contribution in [0.2, 0.25) is 0 Å². The van der Waals surface area contributed by atoms with Gasteiger partial charge in [-0.3, -0.25) is 10.1 Å². The largest absolute Gasteiger partial charge is 0.392 e. The van der Waals surface area contributed by atoms with Crippen LogP contribution in [0, 0.1) is 25.0 Å². The molecule has 0 fully saturated rings. The average molecular weight is 304 g/mol. The maximum atomic E-state index is 10.5. The zero-order valence-electron chi connectivity index (χ0n) is 6.90. The molecule has 0 heterocycles. The normalized spacial score (nSPS) is 9.50. The van der Waals surface area contributed by atoms with Crippen molar-refractivity contribution in [3.63, 3.8) is 0 Å². The first-order chi connectivity index (χ1) is 6.61. The van der Waals surface area contributed by atoms with Gasteiger partial charge in [-0.25, -0.2) is 0 Å². The molecule has 0 spiro atoms. The zero-order chi connectivity index (χ0) is 10.7. The Hall–Kier alpha value is -1.20. The van der Waals surface area contributed by atoms with Crippen LogP contribution in [-0.4, -0.2) is 10.0 Å². The van der Waals surface area contributed by atoms with E-state index >= 15 is 0 Å². The molecule has 0 aromatic heterocycles. The molecule has 0 saturated carbocycles. The van der Waals surface area contributed by atoms with Crippen molar-refractivity contribution in [1.29, 1.82) is 5.26 Å². The number of nitro benzene ring substituents is 1. The molecule has 72 valence electrons. The van der Waals surface area contributed by atoms with E-state index in [1.165, 1.54) is 12.1 Å². The molecule has 0 saturated heterocycles. The van der Waals surface area contributed by atoms with Gasteiger partial charge in [0.1, 0.15) is 11.6 Å². The number of halogens is 1. The van der Waals surface area contributed by atoms with Crippen LogP contribution in [0.15, 0.2) is 12.1 Å². The lowest BCUT2D eigenvalue weighted by Gasteiger charge is -2.03. The highest BCUT2D eigenvalue weighted by Gasteiger charge is 2.18. The number of benzene rings is 1. The predicted molar refractivity (Wildman–Crippen MR) is 56.5 cm³/mol. The quantitative estimate of drug-likeness (QED) is 0.510. The van der Waals surface area contributed by atoms with Gasteiger partial charge in [0.2, 0.25) is 0 Å². The van der Waals surface area contributed by atoms with Crippen LogP contribution in [0.3, 0.4) is 0 Å². The van der Waals surface area contributed by atoms with E-state index in [0.717, 1.165) is 0 Å². The third kappa shape index (κ3) is 1.83. The number of rotatable bonds is 2. The number of aliphatic hydroxyl groups excluding tert-OH is 1. The second-order valence-corrected chi connectivity index (χ2v) is 3.61. The first-order valence-corrected chi connectivity index (χ1v) is 4.66. The summed E-state index contributed by atoms with van der Waals surface area (Å²) >= 11 is 1.92. The molecule has 0 atom stereocenters. The Balaban J connectivity index is 3.50. The smallest absolute Gasteiger partial charge is 0.287 e. The van der Waals surface area contributed by atoms with Crippen molar-refractivity contribution in [2.24, 2.45) is 0 Å². The van der Waals surface area contributed by atoms with E-state index < -0.39 is 4.92 Å². The number of nitriles is 1. The minimum Gasteiger partial charge on any atom is -0.392 e. The van der Waals surface area contributed by atoms with Gasteiger partial charge < -0.3 is 5.11 Å². The van der Waals surface area contributed by atoms with Gasteiger partial charge in [-0.15, -0.1) is 0 Å². The molecule has 14 heavy (non-hydrogen) atoms. The molecule has 1 N–H and O–H groups in total. The summed E-state index contributed by atoms with van der Waals surface area (Å²) in [4.78, 5) is 9.90. The minimum absolute atomic E-state index is 0.0654. The average Bonchev–Trinajstić information content (AvgIpc) is 2.16. The van der Waals surface area contributed by atoms with Crippen molar-refractivity contribution >= 4 is 28.3 Å². The molecule has 0 amide bonds. The van der Waals surface area contributed by atoms with Gasteiger partial charge >= 0.3 is 0 Å². The monoisotopic (exact) mass is 304 g/mol. The van der Waals surface area contributed by atoms with Crippen LogP contribution in [-0.2, 0) is 6.61 Å². The van der Waals surface area contributed by atoms with E-state index in [1.807, 2.05) is 22.6 Å². The third-order valence-electron chi connectivity index (χ3n) is 1.70. The highest BCUT2D eigenvalue weighted by Crippen LogP contribution is 2.25. The standard InChI is InChI=1S/C8H5IN2O3/c9-7-1-2-8(11(13)14)5(3-10)6(7)4-12/h1-2,12H,4H2. The number of hydrogen-bond donors (Lipinski definition) is 1. The van der Waals surface area contributed by atoms with Gasteiger partial charge in [0.15, 0.2) is 0 Å². The lowest BCUT2D eigenvalue weighted by Crippen LogP contribution is -1.99. The molecule has 5 nitrogen and oxygen atoms in total. The van der Waals surface area contributed by atoms with Crippen molar-refractivity contribution < 1.29 is 10.0 Å². The Morgan fingerprint density at radius 2 is 2.29 bits per heavy atom. The van der Waals surface area contributed by atoms with E-state index in [1.54, 1.807) is 6.07 Å². The summed E-state index contributed by atoms with van der Waals surface area (Å²) < 4.78 is 0.646. The van der Waals surface area contributed by atoms with Crippen LogP contribution in [0.25, 0.3) is 0 Å². The topological polar surface area (TPSA) is 87.2 Å². The van der Waals surface area contributed by atoms with Crippen LogP contribution in [0.1, 0.15) is 11.1 Å². The van der Waals surface area contributed by atoms with Crippen molar-refractivity contribution in [2.75, 3.05) is 0 Å². The lowest BCUT2D eigenvalue weighted by atomic mass is 10.1. The van der Waals surface area contributed by atoms with E-state index in [0.29, 0.717) is 9.13 Å². The second-order valence-electron chi connectivity index (χ2n) is 2.45. The summed E-state index contributed by atoms with van der Waals surface area (Å²) in [6, 6.07) is 4.50. The Morgan fingerprint density at radius 1 is 1.64 bits per heavy atom. The Morgan fingerprint density at radius 3 is 2.71 bits per heavy atom. The number of nitro groups is 1. The van der Waals surface area contributed by atoms with Gasteiger partial charge in [0, 0.05) is 15.2 Å². The number of hydrogen-bond acceptors (Lipinski definition) is 4. The Kier molecular flexibility index (Phi) is 3.38. The van der Waals surface area contributed by atoms with Gasteiger partial charge in [0.05, 0.1) is 11.5 Å². The molecule has 0 radical (unpaired) electrons. The highest BCUT2D eigenvalue weighted by atomic mass is 127. The first-order valence-electron chi connectivity index (χ1n) is 3.58. The Labute approximate surface area is 93.3 Å². The van der Waals surface area contributed by atoms with Crippen molar-refractivity contribution in [3.05, 3.63) is 36.9 Å². The molecule has 1 rings (SSSR count). The molecule has 1 aromatic rings. The molecule has 6 heteroatoms. The fourth-order valence-corrected chi connectivity index (χ4v) is 1.66. The zero-order valence-corrected chi connectivity index (χ0v) is 9.06. The molecule has 0 aliphatic heterocycles. The van der Waals surface area contributed by atoms with Gasteiger partial charge in [-0.2, -0.15) is 5.26 Å². The molecule has 1 aromatic carbocycles. The van der Waals surface area contributed by atoms with Crippen LogP contribution in [0.4, 0.5) is 5.69 Å². The summed E-state index contributed by atoms with van der Waals surface area (Å²) in [5, 5.41) is 28.2. The summed E-state index contributed by atoms with van der Waals surface area (Å²) in [5.41, 5.74) is -0.0244. The summed E-state index contributed by atoms with van der Waals surface area (Å²) in [6.45, 7) is -0.372. The van der Waals surface area contributed by atoms with E-state index in [4.69, 9.17) is 10.4 Å². The molecule has 0 bridgehead atoms. The third-order valence-corrected chi connectivity index (χ3v) is 2.71. The predicted octanol–water partition coefficient (Wildman–Crippen LogP) is 1.56. The van der Waals surface area contributed by atoms with Gasteiger partial charge in [0.25, 0.3) is 5.69 Å². The van der Waals surface area contributed by atoms with Crippen LogP contribution < -0.4 is 0 Å². The van der Waals surface area contributed by atoms with Crippen LogP contribution >= 0.6 is 22.6 Å². The van der Waals surface area contributed by atoms with Gasteiger partial charge in [-0.05, 0) is 28.7 Å². The molecular weight excluding hydrogens is 299 g/mol. The molecular formula is C8H5IN2O3. The lowest BCUT2D eigenvalue weighted by molar-refractivity contribution is -0.385. The fraction of sp³-hybridized carbons (Fsp3) is 0.125. The van der Waals surface area contributed by atoms with Crippen molar-refractivity contribution in [1.82, 2.24) is 0 Å². The maximum Gasteiger partial charge on any atom is 0.287 e. The number of nitrogens with zero attached hydrogens (tertiary/aromatic N) is 2. The maximum absolute atomic E-state index is 10.5. The van der Waals surface area contributed by atoms with Crippen molar-refractivity contribution in [2.45, 2.75) is 6.61 Å². The van der Waals surface area contributed by atoms with Gasteiger partial charge in [-0.1, -0.05) is 0 Å². The fourth-order valence-electron chi connectivity index (χ4n) is 1.04. The molecule has 0 aliphatic rings. The Bertz CT molecular complexity index is 425. The SMILES string of the molecule is N#Cc1c([N+](=O)[O-])ccc(I)c1CO. The highest BCUT2D eigenvalue weighted by molar-refractivity contribution is 14.1. The number of aliphatic hydroxyl groups is 1. The summed E-state index contributed by atoms with van der Waals surface area (Å²) in [7, 11) is 0. The molecule has 0 aliphatic carbocycles. The molecule has 0 unspecified atom stereocenters. The van der Waals surface area contributed by atoms with E-state index in [9.17, 15) is 10.1 Å². The summed E-state index contributed by atoms with van der Waals surface area (Å²) in [6.07, 6.45) is 0. The van der Waals surface area contributed by atoms with Crippen molar-refractivity contribution in [3.8, 4) is 6.07 Å².